The highest BCUT2D eigenvalue weighted by atomic mass is 16.4. The van der Waals surface area contributed by atoms with Crippen molar-refractivity contribution in [2.75, 3.05) is 0 Å². The van der Waals surface area contributed by atoms with Crippen LogP contribution >= 0.6 is 0 Å². The first-order valence-electron chi connectivity index (χ1n) is 2.75. The van der Waals surface area contributed by atoms with Gasteiger partial charge in [-0.1, -0.05) is 6.08 Å². The summed E-state index contributed by atoms with van der Waals surface area (Å²) in [6, 6.07) is 0. The maximum atomic E-state index is 10.5. The first kappa shape index (κ1) is 8.68. The van der Waals surface area contributed by atoms with E-state index in [9.17, 15) is 9.59 Å². The highest BCUT2D eigenvalue weighted by Crippen LogP contribution is 1.91. The van der Waals surface area contributed by atoms with Gasteiger partial charge in [-0.2, -0.15) is 0 Å². The molecule has 4 heteroatoms. The van der Waals surface area contributed by atoms with Crippen LogP contribution in [-0.4, -0.2) is 22.0 Å². The highest BCUT2D eigenvalue weighted by Gasteiger charge is 2.11. The number of allylic oxidation sites excluding steroid dienone is 1. The van der Waals surface area contributed by atoms with E-state index in [-0.39, 0.29) is 0 Å². The molecule has 0 aliphatic heterocycles. The molecule has 0 aliphatic carbocycles. The van der Waals surface area contributed by atoms with E-state index in [1.54, 1.807) is 6.92 Å². The van der Waals surface area contributed by atoms with Gasteiger partial charge in [0, 0.05) is 13.1 Å². The zero-order valence-corrected chi connectivity index (χ0v) is 5.87. The Bertz CT molecular complexity index is 160. The molecule has 0 atom stereocenters. The maximum Gasteiger partial charge on any atom is 0.418 e. The molecule has 10 heavy (non-hydrogen) atoms. The average molecular weight is 143 g/mol. The lowest BCUT2D eigenvalue weighted by molar-refractivity contribution is -0.124. The van der Waals surface area contributed by atoms with Gasteiger partial charge >= 0.3 is 6.09 Å². The molecule has 0 heterocycles. The van der Waals surface area contributed by atoms with E-state index in [4.69, 9.17) is 5.11 Å². The highest BCUT2D eigenvalue weighted by molar-refractivity contribution is 5.90. The minimum atomic E-state index is -1.26. The first-order valence-corrected chi connectivity index (χ1v) is 2.75. The van der Waals surface area contributed by atoms with Gasteiger partial charge in [0.25, 0.3) is 0 Å². The topological polar surface area (TPSA) is 57.6 Å². The molecule has 4 nitrogen and oxygen atoms in total. The van der Waals surface area contributed by atoms with E-state index in [0.29, 0.717) is 4.90 Å². The third kappa shape index (κ3) is 2.30. The van der Waals surface area contributed by atoms with Crippen molar-refractivity contribution in [3.05, 3.63) is 12.3 Å². The van der Waals surface area contributed by atoms with E-state index < -0.39 is 12.0 Å². The van der Waals surface area contributed by atoms with Crippen molar-refractivity contribution in [1.29, 1.82) is 0 Å². The predicted molar refractivity (Wildman–Crippen MR) is 35.4 cm³/mol. The zero-order chi connectivity index (χ0) is 8.15. The Hall–Kier alpha value is -1.32. The number of carbonyl (C=O) groups is 2. The van der Waals surface area contributed by atoms with Gasteiger partial charge in [-0.15, -0.1) is 0 Å². The predicted octanol–water partition coefficient (Wildman–Crippen LogP) is 1.05. The Morgan fingerprint density at radius 2 is 2.00 bits per heavy atom. The molecule has 2 amide bonds. The Balaban J connectivity index is 4.27. The molecule has 56 valence electrons. The number of nitrogens with zero attached hydrogens (tertiary/aromatic N) is 1. The van der Waals surface area contributed by atoms with Crippen molar-refractivity contribution < 1.29 is 14.7 Å². The molecule has 0 bridgehead atoms. The molecule has 0 saturated carbocycles. The van der Waals surface area contributed by atoms with Crippen LogP contribution in [0.5, 0.6) is 0 Å². The molecular weight excluding hydrogens is 134 g/mol. The number of carbonyl (C=O) groups excluding carboxylic acids is 1. The summed E-state index contributed by atoms with van der Waals surface area (Å²) in [5.74, 6) is -0.509. The van der Waals surface area contributed by atoms with Gasteiger partial charge in [-0.3, -0.25) is 4.79 Å². The molecule has 0 fully saturated rings. The third-order valence-electron chi connectivity index (χ3n) is 0.843. The number of rotatable bonds is 1. The summed E-state index contributed by atoms with van der Waals surface area (Å²) in [6.07, 6.45) is 1.42. The molecule has 0 spiro atoms. The molecule has 0 rings (SSSR count). The second-order valence-electron chi connectivity index (χ2n) is 1.65. The van der Waals surface area contributed by atoms with Crippen LogP contribution in [0.4, 0.5) is 4.79 Å². The monoisotopic (exact) mass is 143 g/mol. The molecule has 0 radical (unpaired) electrons. The van der Waals surface area contributed by atoms with Crippen LogP contribution in [0.1, 0.15) is 13.8 Å². The van der Waals surface area contributed by atoms with Crippen LogP contribution in [0, 0.1) is 0 Å². The Morgan fingerprint density at radius 3 is 2.10 bits per heavy atom. The summed E-state index contributed by atoms with van der Waals surface area (Å²) in [5.41, 5.74) is 0. The number of imide groups is 1. The molecule has 0 saturated heterocycles. The van der Waals surface area contributed by atoms with Gasteiger partial charge in [-0.05, 0) is 6.92 Å². The van der Waals surface area contributed by atoms with Crippen molar-refractivity contribution in [3.63, 3.8) is 0 Å². The number of hydrogen-bond acceptors (Lipinski definition) is 2. The average Bonchev–Trinajstić information content (AvgIpc) is 1.81. The number of amides is 2. The first-order chi connectivity index (χ1) is 4.59. The fraction of sp³-hybridized carbons (Fsp3) is 0.333. The minimum absolute atomic E-state index is 0.509. The smallest absolute Gasteiger partial charge is 0.418 e. The molecule has 0 unspecified atom stereocenters. The van der Waals surface area contributed by atoms with E-state index in [1.807, 2.05) is 0 Å². The number of carboxylic acid groups (broad SMARTS) is 1. The van der Waals surface area contributed by atoms with E-state index in [0.717, 1.165) is 0 Å². The fourth-order valence-corrected chi connectivity index (χ4v) is 0.452. The molecule has 0 aromatic carbocycles. The second-order valence-corrected chi connectivity index (χ2v) is 1.65. The van der Waals surface area contributed by atoms with Crippen LogP contribution in [0.15, 0.2) is 12.3 Å². The molecular formula is C6H9NO3. The van der Waals surface area contributed by atoms with Crippen molar-refractivity contribution in [3.8, 4) is 0 Å². The largest absolute Gasteiger partial charge is 0.464 e. The lowest BCUT2D eigenvalue weighted by Gasteiger charge is -2.07. The molecule has 0 aromatic heterocycles. The Kier molecular flexibility index (Phi) is 3.17. The van der Waals surface area contributed by atoms with Crippen LogP contribution in [0.3, 0.4) is 0 Å². The van der Waals surface area contributed by atoms with Crippen LogP contribution in [0.2, 0.25) is 0 Å². The number of hydrogen-bond donors (Lipinski definition) is 1. The van der Waals surface area contributed by atoms with Gasteiger partial charge in [0.05, 0.1) is 0 Å². The fourth-order valence-electron chi connectivity index (χ4n) is 0.452. The maximum absolute atomic E-state index is 10.5. The quantitative estimate of drug-likeness (QED) is 0.596. The molecule has 0 aliphatic rings. The van der Waals surface area contributed by atoms with Crippen LogP contribution in [0.25, 0.3) is 0 Å². The second kappa shape index (κ2) is 3.66. The lowest BCUT2D eigenvalue weighted by Crippen LogP contribution is -2.28. The summed E-state index contributed by atoms with van der Waals surface area (Å²) >= 11 is 0. The standard InChI is InChI=1S/C6H9NO3/c1-3-4-7(5(2)8)6(9)10/h3-4H,1-2H3,(H,9,10). The van der Waals surface area contributed by atoms with Crippen LogP contribution in [-0.2, 0) is 4.79 Å². The minimum Gasteiger partial charge on any atom is -0.464 e. The van der Waals surface area contributed by atoms with Crippen molar-refractivity contribution in [2.45, 2.75) is 13.8 Å². The van der Waals surface area contributed by atoms with E-state index >= 15 is 0 Å². The Morgan fingerprint density at radius 1 is 1.50 bits per heavy atom. The summed E-state index contributed by atoms with van der Waals surface area (Å²) in [6.45, 7) is 2.83. The summed E-state index contributed by atoms with van der Waals surface area (Å²) in [4.78, 5) is 21.3. The van der Waals surface area contributed by atoms with Crippen LogP contribution < -0.4 is 0 Å². The van der Waals surface area contributed by atoms with E-state index in [1.165, 1.54) is 19.2 Å². The van der Waals surface area contributed by atoms with Crippen molar-refractivity contribution >= 4 is 12.0 Å². The SMILES string of the molecule is CC=CN(C(C)=O)C(=O)O. The third-order valence-corrected chi connectivity index (χ3v) is 0.843. The van der Waals surface area contributed by atoms with Gasteiger partial charge in [-0.25, -0.2) is 9.69 Å². The zero-order valence-electron chi connectivity index (χ0n) is 5.87. The van der Waals surface area contributed by atoms with Crippen molar-refractivity contribution in [2.24, 2.45) is 0 Å². The van der Waals surface area contributed by atoms with Gasteiger partial charge in [0.2, 0.25) is 5.91 Å². The summed E-state index contributed by atoms with van der Waals surface area (Å²) in [5, 5.41) is 8.33. The summed E-state index contributed by atoms with van der Waals surface area (Å²) < 4.78 is 0. The lowest BCUT2D eigenvalue weighted by atomic mass is 10.5. The Labute approximate surface area is 58.8 Å². The summed E-state index contributed by atoms with van der Waals surface area (Å²) in [7, 11) is 0. The van der Waals surface area contributed by atoms with Gasteiger partial charge in [0.15, 0.2) is 0 Å². The normalized spacial score (nSPS) is 9.80. The van der Waals surface area contributed by atoms with Gasteiger partial charge < -0.3 is 5.11 Å². The van der Waals surface area contributed by atoms with Crippen molar-refractivity contribution in [1.82, 2.24) is 4.90 Å². The molecule has 0 aromatic rings. The van der Waals surface area contributed by atoms with E-state index in [2.05, 4.69) is 0 Å². The van der Waals surface area contributed by atoms with Gasteiger partial charge in [0.1, 0.15) is 0 Å². The molecule has 1 N–H and O–H groups in total.